The molecule has 0 saturated carbocycles. The standard InChI is InChI=1S/C34H35F3N6O3/c1-2-22-25(36)6-5-19-11-21(44)12-23(27(19)22)29-28(37)30-24(15-38-29)31(42-9-3-7-33(17-42)14-26(45)41-33)40-32(39-30)46-18-34-8-4-10-43(34)16-20(35)13-34/h5-6,11-12,15,20,44H,2-4,7-10,13-14,16-18H2,1H3,(H,41,45)/t20-,33?,34+/m1/s1. The number of benzene rings is 2. The monoisotopic (exact) mass is 632 g/mol. The van der Waals surface area contributed by atoms with E-state index in [2.05, 4.69) is 20.2 Å². The molecule has 1 amide bonds. The number of β-lactam (4-membered cyclic amide) rings is 1. The number of pyridine rings is 1. The maximum atomic E-state index is 16.8. The lowest BCUT2D eigenvalue weighted by molar-refractivity contribution is -0.133. The van der Waals surface area contributed by atoms with Crippen LogP contribution in [-0.2, 0) is 11.2 Å². The van der Waals surface area contributed by atoms with Gasteiger partial charge >= 0.3 is 6.01 Å². The van der Waals surface area contributed by atoms with E-state index in [1.54, 1.807) is 6.07 Å². The number of carbonyl (C=O) groups is 1. The second-order valence-electron chi connectivity index (χ2n) is 13.4. The van der Waals surface area contributed by atoms with E-state index in [9.17, 15) is 18.7 Å². The van der Waals surface area contributed by atoms with Gasteiger partial charge in [-0.25, -0.2) is 13.2 Å². The minimum Gasteiger partial charge on any atom is -0.508 e. The lowest BCUT2D eigenvalue weighted by Crippen LogP contribution is -2.68. The Kier molecular flexibility index (Phi) is 6.79. The molecule has 46 heavy (non-hydrogen) atoms. The Morgan fingerprint density at radius 1 is 1.15 bits per heavy atom. The van der Waals surface area contributed by atoms with Gasteiger partial charge < -0.3 is 20.1 Å². The first kappa shape index (κ1) is 29.2. The summed E-state index contributed by atoms with van der Waals surface area (Å²) in [5.41, 5.74) is -0.282. The average molecular weight is 633 g/mol. The zero-order valence-electron chi connectivity index (χ0n) is 25.6. The second kappa shape index (κ2) is 10.7. The summed E-state index contributed by atoms with van der Waals surface area (Å²) >= 11 is 0. The molecular formula is C34H35F3N6O3. The fourth-order valence-corrected chi connectivity index (χ4v) is 8.34. The molecule has 8 rings (SSSR count). The normalized spacial score (nSPS) is 26.1. The molecule has 4 aliphatic heterocycles. The first-order chi connectivity index (χ1) is 22.2. The summed E-state index contributed by atoms with van der Waals surface area (Å²) in [6, 6.07) is 5.78. The van der Waals surface area contributed by atoms with Gasteiger partial charge in [-0.15, -0.1) is 0 Å². The number of aryl methyl sites for hydroxylation is 1. The highest BCUT2D eigenvalue weighted by Gasteiger charge is 2.50. The molecule has 3 atom stereocenters. The van der Waals surface area contributed by atoms with Gasteiger partial charge in [0.05, 0.1) is 22.9 Å². The maximum Gasteiger partial charge on any atom is 0.319 e. The van der Waals surface area contributed by atoms with Crippen molar-refractivity contribution in [2.45, 2.75) is 69.1 Å². The number of carbonyl (C=O) groups excluding carboxylic acids is 1. The summed E-state index contributed by atoms with van der Waals surface area (Å²) < 4.78 is 52.5. The van der Waals surface area contributed by atoms with Crippen LogP contribution in [0.4, 0.5) is 19.0 Å². The van der Waals surface area contributed by atoms with Crippen molar-refractivity contribution in [3.63, 3.8) is 0 Å². The average Bonchev–Trinajstić information content (AvgIpc) is 3.55. The Balaban J connectivity index is 1.27. The molecule has 2 N–H and O–H groups in total. The number of hydrogen-bond acceptors (Lipinski definition) is 8. The Bertz CT molecular complexity index is 1900. The van der Waals surface area contributed by atoms with Gasteiger partial charge in [-0.05, 0) is 73.2 Å². The molecule has 6 heterocycles. The number of amides is 1. The molecule has 1 unspecified atom stereocenters. The van der Waals surface area contributed by atoms with E-state index in [0.717, 1.165) is 32.2 Å². The van der Waals surface area contributed by atoms with Gasteiger partial charge in [-0.3, -0.25) is 14.7 Å². The van der Waals surface area contributed by atoms with Crippen LogP contribution in [0.5, 0.6) is 11.8 Å². The third-order valence-electron chi connectivity index (χ3n) is 10.4. The molecule has 0 radical (unpaired) electrons. The van der Waals surface area contributed by atoms with Crippen LogP contribution < -0.4 is 15.0 Å². The number of aromatic hydroxyl groups is 1. The van der Waals surface area contributed by atoms with E-state index in [1.165, 1.54) is 24.4 Å². The number of phenolic OH excluding ortho intramolecular Hbond substituents is 1. The molecule has 4 aromatic rings. The van der Waals surface area contributed by atoms with E-state index >= 15 is 4.39 Å². The zero-order valence-corrected chi connectivity index (χ0v) is 25.6. The van der Waals surface area contributed by atoms with Gasteiger partial charge in [0, 0.05) is 37.8 Å². The van der Waals surface area contributed by atoms with Crippen LogP contribution in [0.1, 0.15) is 51.0 Å². The van der Waals surface area contributed by atoms with Gasteiger partial charge in [0.15, 0.2) is 5.82 Å². The number of aromatic nitrogens is 3. The predicted octanol–water partition coefficient (Wildman–Crippen LogP) is 5.21. The van der Waals surface area contributed by atoms with Crippen LogP contribution in [0.2, 0.25) is 0 Å². The SMILES string of the molecule is CCc1c(F)ccc2cc(O)cc(-c3ncc4c(N5CCCC6(CC(=O)N6)C5)nc(OC[C@@]56CCCN5C[C@H](F)C6)nc4c3F)c12. The summed E-state index contributed by atoms with van der Waals surface area (Å²) in [6.07, 6.45) is 5.09. The van der Waals surface area contributed by atoms with Crippen LogP contribution in [0.25, 0.3) is 32.9 Å². The van der Waals surface area contributed by atoms with Crippen LogP contribution in [0.15, 0.2) is 30.5 Å². The molecule has 0 bridgehead atoms. The largest absolute Gasteiger partial charge is 0.508 e. The van der Waals surface area contributed by atoms with E-state index in [0.29, 0.717) is 66.4 Å². The fraction of sp³-hybridized carbons (Fsp3) is 0.471. The molecule has 4 saturated heterocycles. The zero-order chi connectivity index (χ0) is 31.8. The van der Waals surface area contributed by atoms with Crippen LogP contribution in [0.3, 0.4) is 0 Å². The first-order valence-corrected chi connectivity index (χ1v) is 16.1. The minimum atomic E-state index is -0.930. The lowest BCUT2D eigenvalue weighted by atomic mass is 9.80. The topological polar surface area (TPSA) is 104 Å². The lowest BCUT2D eigenvalue weighted by Gasteiger charge is -2.49. The quantitative estimate of drug-likeness (QED) is 0.280. The number of rotatable bonds is 6. The molecule has 12 heteroatoms. The molecular weight excluding hydrogens is 597 g/mol. The Morgan fingerprint density at radius 3 is 2.78 bits per heavy atom. The van der Waals surface area contributed by atoms with Crippen LogP contribution in [-0.4, -0.2) is 80.9 Å². The van der Waals surface area contributed by atoms with E-state index < -0.39 is 23.3 Å². The number of ether oxygens (including phenoxy) is 1. The van der Waals surface area contributed by atoms with Crippen molar-refractivity contribution >= 4 is 33.4 Å². The number of nitrogens with zero attached hydrogens (tertiary/aromatic N) is 5. The molecule has 1 spiro atoms. The van der Waals surface area contributed by atoms with Gasteiger partial charge in [0.1, 0.15) is 41.4 Å². The molecule has 4 fully saturated rings. The minimum absolute atomic E-state index is 0.0000936. The van der Waals surface area contributed by atoms with E-state index in [4.69, 9.17) is 9.72 Å². The van der Waals surface area contributed by atoms with Crippen molar-refractivity contribution < 1.29 is 27.8 Å². The second-order valence-corrected chi connectivity index (χ2v) is 13.4. The Morgan fingerprint density at radius 2 is 1.98 bits per heavy atom. The highest BCUT2D eigenvalue weighted by molar-refractivity contribution is 6.01. The van der Waals surface area contributed by atoms with Gasteiger partial charge in [0.2, 0.25) is 5.91 Å². The molecule has 0 aliphatic carbocycles. The van der Waals surface area contributed by atoms with Gasteiger partial charge in [0.25, 0.3) is 0 Å². The number of hydrogen-bond donors (Lipinski definition) is 2. The summed E-state index contributed by atoms with van der Waals surface area (Å²) in [7, 11) is 0. The third kappa shape index (κ3) is 4.63. The number of halogens is 3. The number of fused-ring (bicyclic) bond motifs is 3. The molecule has 2 aromatic heterocycles. The highest BCUT2D eigenvalue weighted by Crippen LogP contribution is 2.42. The smallest absolute Gasteiger partial charge is 0.319 e. The van der Waals surface area contributed by atoms with Gasteiger partial charge in [-0.2, -0.15) is 9.97 Å². The number of anilines is 1. The maximum absolute atomic E-state index is 16.8. The van der Waals surface area contributed by atoms with Crippen LogP contribution in [0, 0.1) is 11.6 Å². The first-order valence-electron chi connectivity index (χ1n) is 16.1. The van der Waals surface area contributed by atoms with Gasteiger partial charge in [-0.1, -0.05) is 13.0 Å². The highest BCUT2D eigenvalue weighted by atomic mass is 19.1. The Labute approximate surface area is 263 Å². The van der Waals surface area contributed by atoms with Crippen LogP contribution >= 0.6 is 0 Å². The molecule has 9 nitrogen and oxygen atoms in total. The predicted molar refractivity (Wildman–Crippen MR) is 167 cm³/mol. The third-order valence-corrected chi connectivity index (χ3v) is 10.4. The summed E-state index contributed by atoms with van der Waals surface area (Å²) in [5.74, 6) is -0.837. The summed E-state index contributed by atoms with van der Waals surface area (Å²) in [4.78, 5) is 29.9. The van der Waals surface area contributed by atoms with Crippen molar-refractivity contribution in [2.24, 2.45) is 0 Å². The molecule has 2 aromatic carbocycles. The van der Waals surface area contributed by atoms with E-state index in [1.807, 2.05) is 11.8 Å². The Hall–Kier alpha value is -4.19. The van der Waals surface area contributed by atoms with Crippen molar-refractivity contribution in [3.05, 3.63) is 47.7 Å². The van der Waals surface area contributed by atoms with E-state index in [-0.39, 0.29) is 46.6 Å². The molecule has 240 valence electrons. The number of nitrogens with one attached hydrogen (secondary N) is 1. The number of alkyl halides is 1. The van der Waals surface area contributed by atoms with Crippen molar-refractivity contribution in [3.8, 4) is 23.0 Å². The summed E-state index contributed by atoms with van der Waals surface area (Å²) in [5, 5.41) is 15.0. The fourth-order valence-electron chi connectivity index (χ4n) is 8.34. The number of piperidine rings is 1. The van der Waals surface area contributed by atoms with Crippen molar-refractivity contribution in [2.75, 3.05) is 37.7 Å². The summed E-state index contributed by atoms with van der Waals surface area (Å²) in [6.45, 7) is 4.29. The number of phenols is 1. The van der Waals surface area contributed by atoms with Crippen molar-refractivity contribution in [1.82, 2.24) is 25.2 Å². The molecule has 4 aliphatic rings. The van der Waals surface area contributed by atoms with Crippen molar-refractivity contribution in [1.29, 1.82) is 0 Å².